The molecular formula is C14H15FN2O2S. The Kier molecular flexibility index (Phi) is 3.25. The van der Waals surface area contributed by atoms with E-state index in [4.69, 9.17) is 17.0 Å². The highest BCUT2D eigenvalue weighted by Crippen LogP contribution is 2.31. The maximum Gasteiger partial charge on any atom is 0.218 e. The third-order valence-corrected chi connectivity index (χ3v) is 4.06. The molecule has 0 spiro atoms. The van der Waals surface area contributed by atoms with Gasteiger partial charge in [-0.25, -0.2) is 4.39 Å². The minimum Gasteiger partial charge on any atom is -0.497 e. The molecule has 2 heterocycles. The van der Waals surface area contributed by atoms with Crippen molar-refractivity contribution in [3.8, 4) is 17.3 Å². The van der Waals surface area contributed by atoms with Crippen molar-refractivity contribution in [1.29, 1.82) is 0 Å². The first-order chi connectivity index (χ1) is 9.63. The number of ether oxygens (including phenoxy) is 1. The van der Waals surface area contributed by atoms with Crippen molar-refractivity contribution in [3.05, 3.63) is 34.5 Å². The van der Waals surface area contributed by atoms with Crippen molar-refractivity contribution in [3.63, 3.8) is 0 Å². The smallest absolute Gasteiger partial charge is 0.218 e. The van der Waals surface area contributed by atoms with Gasteiger partial charge in [-0.2, -0.15) is 0 Å². The summed E-state index contributed by atoms with van der Waals surface area (Å²) in [5, 5.41) is 10.3. The van der Waals surface area contributed by atoms with Gasteiger partial charge in [0, 0.05) is 12.6 Å². The van der Waals surface area contributed by atoms with Crippen molar-refractivity contribution in [2.24, 2.45) is 0 Å². The van der Waals surface area contributed by atoms with E-state index < -0.39 is 5.82 Å². The molecule has 4 nitrogen and oxygen atoms in total. The number of hydrogen-bond acceptors (Lipinski definition) is 3. The lowest BCUT2D eigenvalue weighted by atomic mass is 10.1. The number of fused-ring (bicyclic) bond motifs is 1. The largest absolute Gasteiger partial charge is 0.497 e. The lowest BCUT2D eigenvalue weighted by Gasteiger charge is -2.12. The normalized spacial score (nSPS) is 14.1. The summed E-state index contributed by atoms with van der Waals surface area (Å²) in [6.07, 6.45) is 2.80. The first-order valence-corrected chi connectivity index (χ1v) is 6.91. The van der Waals surface area contributed by atoms with Crippen LogP contribution in [0.15, 0.2) is 18.2 Å². The van der Waals surface area contributed by atoms with Gasteiger partial charge in [0.15, 0.2) is 10.6 Å². The van der Waals surface area contributed by atoms with Crippen molar-refractivity contribution < 1.29 is 14.2 Å². The van der Waals surface area contributed by atoms with E-state index in [1.165, 1.54) is 17.7 Å². The van der Waals surface area contributed by atoms with Crippen LogP contribution >= 0.6 is 12.2 Å². The van der Waals surface area contributed by atoms with Crippen LogP contribution in [-0.2, 0) is 13.0 Å². The molecule has 0 fully saturated rings. The number of rotatable bonds is 2. The molecule has 1 aromatic heterocycles. The first kappa shape index (κ1) is 13.2. The van der Waals surface area contributed by atoms with Crippen LogP contribution in [0.5, 0.6) is 11.6 Å². The van der Waals surface area contributed by atoms with E-state index in [2.05, 4.69) is 0 Å². The van der Waals surface area contributed by atoms with Crippen LogP contribution in [0.3, 0.4) is 0 Å². The summed E-state index contributed by atoms with van der Waals surface area (Å²) < 4.78 is 22.9. The predicted octanol–water partition coefficient (Wildman–Crippen LogP) is 3.20. The highest BCUT2D eigenvalue weighted by atomic mass is 32.1. The van der Waals surface area contributed by atoms with Crippen molar-refractivity contribution in [2.45, 2.75) is 25.8 Å². The topological polar surface area (TPSA) is 39.3 Å². The van der Waals surface area contributed by atoms with Crippen molar-refractivity contribution in [1.82, 2.24) is 9.13 Å². The molecule has 0 saturated heterocycles. The summed E-state index contributed by atoms with van der Waals surface area (Å²) in [6.45, 7) is 0.770. The zero-order valence-electron chi connectivity index (χ0n) is 11.1. The van der Waals surface area contributed by atoms with E-state index in [1.807, 2.05) is 4.57 Å². The fourth-order valence-electron chi connectivity index (χ4n) is 2.63. The molecule has 2 aromatic rings. The molecule has 0 bridgehead atoms. The van der Waals surface area contributed by atoms with Crippen LogP contribution in [0, 0.1) is 10.6 Å². The summed E-state index contributed by atoms with van der Waals surface area (Å²) in [6, 6.07) is 4.50. The van der Waals surface area contributed by atoms with Crippen LogP contribution < -0.4 is 4.74 Å². The molecule has 1 aromatic carbocycles. The Balaban J connectivity index is 2.20. The molecule has 106 valence electrons. The van der Waals surface area contributed by atoms with Gasteiger partial charge >= 0.3 is 0 Å². The van der Waals surface area contributed by atoms with Gasteiger partial charge in [0.05, 0.1) is 18.5 Å². The van der Waals surface area contributed by atoms with Crippen LogP contribution in [0.4, 0.5) is 4.39 Å². The highest BCUT2D eigenvalue weighted by Gasteiger charge is 2.22. The van der Waals surface area contributed by atoms with Gasteiger partial charge in [0.25, 0.3) is 0 Å². The number of imidazole rings is 1. The van der Waals surface area contributed by atoms with Crippen LogP contribution in [0.25, 0.3) is 5.69 Å². The number of halogens is 1. The van der Waals surface area contributed by atoms with Crippen molar-refractivity contribution >= 4 is 12.2 Å². The second-order valence-corrected chi connectivity index (χ2v) is 5.18. The van der Waals surface area contributed by atoms with Gasteiger partial charge in [0.2, 0.25) is 5.88 Å². The molecule has 1 aliphatic rings. The summed E-state index contributed by atoms with van der Waals surface area (Å²) in [5.74, 6) is -0.00121. The lowest BCUT2D eigenvalue weighted by molar-refractivity contribution is 0.409. The second-order valence-electron chi connectivity index (χ2n) is 4.81. The lowest BCUT2D eigenvalue weighted by Crippen LogP contribution is -2.09. The molecule has 3 rings (SSSR count). The van der Waals surface area contributed by atoms with Crippen LogP contribution in [-0.4, -0.2) is 21.4 Å². The number of nitrogens with zero attached hydrogens (tertiary/aromatic N) is 2. The summed E-state index contributed by atoms with van der Waals surface area (Å²) in [7, 11) is 1.48. The molecule has 0 aliphatic carbocycles. The van der Waals surface area contributed by atoms with Gasteiger partial charge in [-0.05, 0) is 43.6 Å². The maximum atomic E-state index is 14.2. The minimum atomic E-state index is -0.473. The Morgan fingerprint density at radius 3 is 2.80 bits per heavy atom. The molecule has 1 aliphatic heterocycles. The number of benzene rings is 1. The zero-order valence-corrected chi connectivity index (χ0v) is 11.9. The standard InChI is InChI=1S/C14H15FN2O2S/c1-19-9-5-6-11(10(15)8-9)17-13(18)12-4-2-3-7-16(12)14(17)20/h5-6,8,18H,2-4,7H2,1H3. The minimum absolute atomic E-state index is 0.0405. The van der Waals surface area contributed by atoms with Gasteiger partial charge in [-0.3, -0.25) is 4.57 Å². The average Bonchev–Trinajstić information content (AvgIpc) is 2.72. The second kappa shape index (κ2) is 4.94. The Morgan fingerprint density at radius 2 is 2.15 bits per heavy atom. The SMILES string of the molecule is COc1ccc(-n2c(O)c3n(c2=S)CCCC3)c(F)c1. The van der Waals surface area contributed by atoms with Gasteiger partial charge in [-0.1, -0.05) is 0 Å². The molecule has 0 atom stereocenters. The summed E-state index contributed by atoms with van der Waals surface area (Å²) in [5.41, 5.74) is 1.03. The van der Waals surface area contributed by atoms with E-state index >= 15 is 0 Å². The third-order valence-electron chi connectivity index (χ3n) is 3.66. The number of aromatic nitrogens is 2. The van der Waals surface area contributed by atoms with E-state index in [0.29, 0.717) is 10.5 Å². The Bertz CT molecular complexity index is 721. The zero-order chi connectivity index (χ0) is 14.3. The van der Waals surface area contributed by atoms with E-state index in [0.717, 1.165) is 31.5 Å². The van der Waals surface area contributed by atoms with Crippen LogP contribution in [0.1, 0.15) is 18.5 Å². The quantitative estimate of drug-likeness (QED) is 0.865. The molecule has 1 N–H and O–H groups in total. The molecular weight excluding hydrogens is 279 g/mol. The predicted molar refractivity (Wildman–Crippen MR) is 75.7 cm³/mol. The van der Waals surface area contributed by atoms with E-state index in [1.54, 1.807) is 12.1 Å². The molecule has 0 radical (unpaired) electrons. The van der Waals surface area contributed by atoms with E-state index in [-0.39, 0.29) is 11.6 Å². The van der Waals surface area contributed by atoms with E-state index in [9.17, 15) is 9.50 Å². The fraction of sp³-hybridized carbons (Fsp3) is 0.357. The Morgan fingerprint density at radius 1 is 1.35 bits per heavy atom. The Labute approximate surface area is 121 Å². The fourth-order valence-corrected chi connectivity index (χ4v) is 3.02. The van der Waals surface area contributed by atoms with Gasteiger partial charge < -0.3 is 14.4 Å². The molecule has 6 heteroatoms. The first-order valence-electron chi connectivity index (χ1n) is 6.50. The number of methoxy groups -OCH3 is 1. The molecule has 0 unspecified atom stereocenters. The number of hydrogen-bond donors (Lipinski definition) is 1. The van der Waals surface area contributed by atoms with Crippen LogP contribution in [0.2, 0.25) is 0 Å². The van der Waals surface area contributed by atoms with Gasteiger partial charge in [0.1, 0.15) is 5.75 Å². The molecule has 20 heavy (non-hydrogen) atoms. The van der Waals surface area contributed by atoms with Crippen molar-refractivity contribution in [2.75, 3.05) is 7.11 Å². The number of aromatic hydroxyl groups is 1. The summed E-state index contributed by atoms with van der Waals surface area (Å²) >= 11 is 5.37. The maximum absolute atomic E-state index is 14.2. The summed E-state index contributed by atoms with van der Waals surface area (Å²) in [4.78, 5) is 0. The monoisotopic (exact) mass is 294 g/mol. The highest BCUT2D eigenvalue weighted by molar-refractivity contribution is 7.71. The molecule has 0 amide bonds. The third kappa shape index (κ3) is 1.91. The Hall–Kier alpha value is -1.82. The van der Waals surface area contributed by atoms with Gasteiger partial charge in [-0.15, -0.1) is 0 Å². The molecule has 0 saturated carbocycles. The average molecular weight is 294 g/mol.